The van der Waals surface area contributed by atoms with Crippen LogP contribution >= 0.6 is 15.9 Å². The Morgan fingerprint density at radius 1 is 1.23 bits per heavy atom. The van der Waals surface area contributed by atoms with Crippen molar-refractivity contribution in [2.75, 3.05) is 0 Å². The van der Waals surface area contributed by atoms with Crippen LogP contribution in [-0.2, 0) is 0 Å². The van der Waals surface area contributed by atoms with Gasteiger partial charge in [0, 0.05) is 4.83 Å². The highest BCUT2D eigenvalue weighted by Gasteiger charge is 2.22. The Morgan fingerprint density at radius 3 is 2.77 bits per heavy atom. The predicted molar refractivity (Wildman–Crippen MR) is 60.5 cm³/mol. The quantitative estimate of drug-likeness (QED) is 0.591. The van der Waals surface area contributed by atoms with Gasteiger partial charge in [-0.3, -0.25) is 0 Å². The zero-order valence-electron chi connectivity index (χ0n) is 8.18. The van der Waals surface area contributed by atoms with E-state index in [1.165, 1.54) is 24.0 Å². The van der Waals surface area contributed by atoms with Crippen molar-refractivity contribution in [3.05, 3.63) is 34.9 Å². The third kappa shape index (κ3) is 1.67. The molecule has 0 aromatic heterocycles. The van der Waals surface area contributed by atoms with E-state index < -0.39 is 0 Å². The number of benzene rings is 1. The van der Waals surface area contributed by atoms with Crippen LogP contribution in [0.15, 0.2) is 18.2 Å². The number of hydrogen-bond donors (Lipinski definition) is 0. The van der Waals surface area contributed by atoms with Crippen molar-refractivity contribution >= 4 is 15.9 Å². The fraction of sp³-hybridized carbons (Fsp3) is 0.500. The van der Waals surface area contributed by atoms with E-state index in [4.69, 9.17) is 0 Å². The first-order chi connectivity index (χ1) is 6.18. The number of halogens is 1. The molecule has 0 N–H and O–H groups in total. The summed E-state index contributed by atoms with van der Waals surface area (Å²) < 4.78 is 0. The van der Waals surface area contributed by atoms with Crippen LogP contribution in [0.3, 0.4) is 0 Å². The highest BCUT2D eigenvalue weighted by Crippen LogP contribution is 2.41. The van der Waals surface area contributed by atoms with E-state index in [1.54, 1.807) is 5.56 Å². The summed E-state index contributed by atoms with van der Waals surface area (Å²) in [5.74, 6) is 0.740. The van der Waals surface area contributed by atoms with Crippen LogP contribution < -0.4 is 0 Å². The number of alkyl halides is 1. The summed E-state index contributed by atoms with van der Waals surface area (Å²) in [6.07, 6.45) is 2.59. The Hall–Kier alpha value is -0.300. The fourth-order valence-corrected chi connectivity index (χ4v) is 2.78. The van der Waals surface area contributed by atoms with Crippen LogP contribution in [0.2, 0.25) is 0 Å². The van der Waals surface area contributed by atoms with E-state index in [9.17, 15) is 0 Å². The average molecular weight is 239 g/mol. The predicted octanol–water partition coefficient (Wildman–Crippen LogP) is 4.33. The zero-order valence-corrected chi connectivity index (χ0v) is 9.76. The molecule has 1 aromatic carbocycles. The van der Waals surface area contributed by atoms with Gasteiger partial charge in [-0.15, -0.1) is 0 Å². The van der Waals surface area contributed by atoms with E-state index in [0.717, 1.165) is 5.92 Å². The van der Waals surface area contributed by atoms with Gasteiger partial charge in [-0.2, -0.15) is 0 Å². The summed E-state index contributed by atoms with van der Waals surface area (Å²) in [6, 6.07) is 6.84. The molecule has 1 aliphatic carbocycles. The number of aryl methyl sites for hydroxylation is 1. The number of fused-ring (bicyclic) bond motifs is 1. The second-order valence-corrected chi connectivity index (χ2v) is 5.18. The Labute approximate surface area is 88.5 Å². The Bertz CT molecular complexity index is 317. The van der Waals surface area contributed by atoms with E-state index in [2.05, 4.69) is 48.0 Å². The summed E-state index contributed by atoms with van der Waals surface area (Å²) in [6.45, 7) is 4.49. The second-order valence-electron chi connectivity index (χ2n) is 4.08. The zero-order chi connectivity index (χ0) is 9.42. The Balaban J connectivity index is 2.50. The summed E-state index contributed by atoms with van der Waals surface area (Å²) in [5.41, 5.74) is 4.43. The molecular weight excluding hydrogens is 224 g/mol. The SMILES string of the molecule is Cc1ccc2c(c1)C(Br)CCC2C. The van der Waals surface area contributed by atoms with E-state index in [-0.39, 0.29) is 0 Å². The van der Waals surface area contributed by atoms with Crippen LogP contribution in [0.1, 0.15) is 47.2 Å². The first-order valence-electron chi connectivity index (χ1n) is 4.93. The molecule has 0 bridgehead atoms. The van der Waals surface area contributed by atoms with Gasteiger partial charge in [-0.05, 0) is 36.8 Å². The molecule has 0 fully saturated rings. The van der Waals surface area contributed by atoms with Crippen LogP contribution in [0.5, 0.6) is 0 Å². The van der Waals surface area contributed by atoms with Crippen molar-refractivity contribution in [1.29, 1.82) is 0 Å². The molecule has 13 heavy (non-hydrogen) atoms. The molecule has 0 aliphatic heterocycles. The maximum Gasteiger partial charge on any atom is 0.0398 e. The van der Waals surface area contributed by atoms with Gasteiger partial charge >= 0.3 is 0 Å². The van der Waals surface area contributed by atoms with Gasteiger partial charge in [-0.1, -0.05) is 46.6 Å². The molecule has 0 heterocycles. The lowest BCUT2D eigenvalue weighted by Gasteiger charge is -2.26. The molecule has 70 valence electrons. The van der Waals surface area contributed by atoms with Gasteiger partial charge in [0.05, 0.1) is 0 Å². The van der Waals surface area contributed by atoms with Crippen molar-refractivity contribution in [3.8, 4) is 0 Å². The highest BCUT2D eigenvalue weighted by atomic mass is 79.9. The minimum Gasteiger partial charge on any atom is -0.0839 e. The molecule has 2 rings (SSSR count). The lowest BCUT2D eigenvalue weighted by atomic mass is 9.83. The molecule has 1 heteroatoms. The molecule has 0 saturated carbocycles. The van der Waals surface area contributed by atoms with Gasteiger partial charge in [0.1, 0.15) is 0 Å². The van der Waals surface area contributed by atoms with Crippen molar-refractivity contribution in [2.45, 2.75) is 37.4 Å². The van der Waals surface area contributed by atoms with Gasteiger partial charge in [-0.25, -0.2) is 0 Å². The monoisotopic (exact) mass is 238 g/mol. The maximum atomic E-state index is 3.75. The van der Waals surface area contributed by atoms with E-state index in [1.807, 2.05) is 0 Å². The molecule has 0 nitrogen and oxygen atoms in total. The van der Waals surface area contributed by atoms with Crippen molar-refractivity contribution in [1.82, 2.24) is 0 Å². The summed E-state index contributed by atoms with van der Waals surface area (Å²) >= 11 is 3.75. The molecule has 2 atom stereocenters. The number of rotatable bonds is 0. The normalized spacial score (nSPS) is 27.0. The van der Waals surface area contributed by atoms with Crippen molar-refractivity contribution in [3.63, 3.8) is 0 Å². The van der Waals surface area contributed by atoms with Gasteiger partial charge in [0.25, 0.3) is 0 Å². The molecule has 1 aliphatic rings. The fourth-order valence-electron chi connectivity index (χ4n) is 2.12. The van der Waals surface area contributed by atoms with Gasteiger partial charge in [0.15, 0.2) is 0 Å². The maximum absolute atomic E-state index is 3.75. The van der Waals surface area contributed by atoms with Crippen LogP contribution in [0.4, 0.5) is 0 Å². The summed E-state index contributed by atoms with van der Waals surface area (Å²) in [4.78, 5) is 0.582. The molecule has 0 saturated heterocycles. The molecule has 2 unspecified atom stereocenters. The highest BCUT2D eigenvalue weighted by molar-refractivity contribution is 9.09. The van der Waals surface area contributed by atoms with Gasteiger partial charge in [0.2, 0.25) is 0 Å². The van der Waals surface area contributed by atoms with E-state index in [0.29, 0.717) is 4.83 Å². The standard InChI is InChI=1S/C12H15Br/c1-8-3-5-10-9(2)4-6-12(13)11(10)7-8/h3,5,7,9,12H,4,6H2,1-2H3. The first kappa shape index (κ1) is 9.26. The van der Waals surface area contributed by atoms with Crippen LogP contribution in [0, 0.1) is 6.92 Å². The van der Waals surface area contributed by atoms with Crippen LogP contribution in [-0.4, -0.2) is 0 Å². The third-order valence-electron chi connectivity index (χ3n) is 2.96. The van der Waals surface area contributed by atoms with Crippen molar-refractivity contribution in [2.24, 2.45) is 0 Å². The molecule has 1 aromatic rings. The first-order valence-corrected chi connectivity index (χ1v) is 5.84. The second kappa shape index (κ2) is 3.45. The van der Waals surface area contributed by atoms with Crippen molar-refractivity contribution < 1.29 is 0 Å². The lowest BCUT2D eigenvalue weighted by molar-refractivity contribution is 0.587. The Kier molecular flexibility index (Phi) is 2.46. The minimum atomic E-state index is 0.582. The lowest BCUT2D eigenvalue weighted by Crippen LogP contribution is -2.08. The van der Waals surface area contributed by atoms with Crippen LogP contribution in [0.25, 0.3) is 0 Å². The topological polar surface area (TPSA) is 0 Å². The van der Waals surface area contributed by atoms with E-state index >= 15 is 0 Å². The number of hydrogen-bond acceptors (Lipinski definition) is 0. The molecule has 0 radical (unpaired) electrons. The van der Waals surface area contributed by atoms with Gasteiger partial charge < -0.3 is 0 Å². The largest absolute Gasteiger partial charge is 0.0839 e. The smallest absolute Gasteiger partial charge is 0.0398 e. The average Bonchev–Trinajstić information content (AvgIpc) is 2.12. The molecular formula is C12H15Br. The Morgan fingerprint density at radius 2 is 2.00 bits per heavy atom. The summed E-state index contributed by atoms with van der Waals surface area (Å²) in [7, 11) is 0. The molecule has 0 spiro atoms. The minimum absolute atomic E-state index is 0.582. The molecule has 0 amide bonds. The summed E-state index contributed by atoms with van der Waals surface area (Å²) in [5, 5.41) is 0. The third-order valence-corrected chi connectivity index (χ3v) is 3.91.